The van der Waals surface area contributed by atoms with Crippen LogP contribution in [0.1, 0.15) is 20.3 Å². The van der Waals surface area contributed by atoms with Crippen molar-refractivity contribution < 1.29 is 4.79 Å². The standard InChI is InChI=1S/C10H19N3O/c1-7(2)13-5-4-8-9(6-13)12(3)10(14)11-8/h7-9H,4-6H2,1-3H3,(H,11,14)/t8?,9-/m1/s1. The maximum absolute atomic E-state index is 11.4. The number of piperidine rings is 1. The van der Waals surface area contributed by atoms with Gasteiger partial charge >= 0.3 is 6.03 Å². The Hall–Kier alpha value is -0.770. The zero-order valence-electron chi connectivity index (χ0n) is 9.16. The Morgan fingerprint density at radius 3 is 2.86 bits per heavy atom. The van der Waals surface area contributed by atoms with Crippen molar-refractivity contribution in [3.8, 4) is 0 Å². The molecule has 0 spiro atoms. The highest BCUT2D eigenvalue weighted by Crippen LogP contribution is 2.21. The minimum Gasteiger partial charge on any atom is -0.333 e. The summed E-state index contributed by atoms with van der Waals surface area (Å²) in [7, 11) is 1.89. The summed E-state index contributed by atoms with van der Waals surface area (Å²) in [5, 5.41) is 3.03. The number of rotatable bonds is 1. The molecule has 0 aliphatic carbocycles. The summed E-state index contributed by atoms with van der Waals surface area (Å²) in [5.41, 5.74) is 0. The number of likely N-dealkylation sites (tertiary alicyclic amines) is 1. The van der Waals surface area contributed by atoms with Crippen LogP contribution in [0.5, 0.6) is 0 Å². The molecule has 2 atom stereocenters. The minimum absolute atomic E-state index is 0.0885. The monoisotopic (exact) mass is 197 g/mol. The molecular weight excluding hydrogens is 178 g/mol. The van der Waals surface area contributed by atoms with Gasteiger partial charge in [-0.1, -0.05) is 0 Å². The van der Waals surface area contributed by atoms with Crippen LogP contribution in [0.3, 0.4) is 0 Å². The zero-order chi connectivity index (χ0) is 10.3. The van der Waals surface area contributed by atoms with Crippen molar-refractivity contribution in [1.29, 1.82) is 0 Å². The number of likely N-dealkylation sites (N-methyl/N-ethyl adjacent to an activating group) is 1. The molecule has 0 saturated carbocycles. The lowest BCUT2D eigenvalue weighted by molar-refractivity contribution is 0.118. The Kier molecular flexibility index (Phi) is 2.39. The van der Waals surface area contributed by atoms with Crippen LogP contribution in [0.4, 0.5) is 4.79 Å². The lowest BCUT2D eigenvalue weighted by Crippen LogP contribution is -2.52. The third-order valence-electron chi connectivity index (χ3n) is 3.47. The van der Waals surface area contributed by atoms with E-state index in [1.807, 2.05) is 11.9 Å². The molecule has 4 heteroatoms. The fraction of sp³-hybridized carbons (Fsp3) is 0.900. The number of carbonyl (C=O) groups excluding carboxylic acids is 1. The molecule has 14 heavy (non-hydrogen) atoms. The number of hydrogen-bond donors (Lipinski definition) is 1. The van der Waals surface area contributed by atoms with E-state index in [-0.39, 0.29) is 6.03 Å². The van der Waals surface area contributed by atoms with Crippen molar-refractivity contribution in [3.05, 3.63) is 0 Å². The predicted molar refractivity (Wildman–Crippen MR) is 55.2 cm³/mol. The number of carbonyl (C=O) groups is 1. The summed E-state index contributed by atoms with van der Waals surface area (Å²) in [5.74, 6) is 0. The molecule has 2 fully saturated rings. The first-order valence-corrected chi connectivity index (χ1v) is 5.37. The third-order valence-corrected chi connectivity index (χ3v) is 3.47. The molecule has 1 unspecified atom stereocenters. The molecule has 0 aromatic carbocycles. The molecule has 2 rings (SSSR count). The van der Waals surface area contributed by atoms with E-state index in [1.54, 1.807) is 0 Å². The SMILES string of the molecule is CC(C)N1CCC2NC(=O)N(C)[C@@H]2C1. The quantitative estimate of drug-likeness (QED) is 0.664. The Balaban J connectivity index is 2.05. The van der Waals surface area contributed by atoms with Gasteiger partial charge in [0, 0.05) is 26.2 Å². The van der Waals surface area contributed by atoms with Crippen molar-refractivity contribution in [2.75, 3.05) is 20.1 Å². The minimum atomic E-state index is 0.0885. The van der Waals surface area contributed by atoms with E-state index >= 15 is 0 Å². The first-order chi connectivity index (χ1) is 6.59. The molecule has 2 aliphatic heterocycles. The maximum atomic E-state index is 11.4. The van der Waals surface area contributed by atoms with Crippen LogP contribution in [0, 0.1) is 0 Å². The van der Waals surface area contributed by atoms with Gasteiger partial charge in [-0.15, -0.1) is 0 Å². The number of amides is 2. The highest BCUT2D eigenvalue weighted by atomic mass is 16.2. The van der Waals surface area contributed by atoms with Gasteiger partial charge in [0.05, 0.1) is 12.1 Å². The van der Waals surface area contributed by atoms with Crippen molar-refractivity contribution in [3.63, 3.8) is 0 Å². The predicted octanol–water partition coefficient (Wildman–Crippen LogP) is 0.493. The highest BCUT2D eigenvalue weighted by Gasteiger charge is 2.40. The summed E-state index contributed by atoms with van der Waals surface area (Å²) >= 11 is 0. The van der Waals surface area contributed by atoms with E-state index in [0.29, 0.717) is 18.1 Å². The molecule has 0 bridgehead atoms. The van der Waals surface area contributed by atoms with Crippen molar-refractivity contribution in [2.45, 2.75) is 38.4 Å². The number of nitrogens with zero attached hydrogens (tertiary/aromatic N) is 2. The molecule has 1 N–H and O–H groups in total. The van der Waals surface area contributed by atoms with E-state index in [4.69, 9.17) is 0 Å². The largest absolute Gasteiger partial charge is 0.333 e. The summed E-state index contributed by atoms with van der Waals surface area (Å²) in [6.45, 7) is 6.54. The molecule has 2 amide bonds. The molecule has 2 heterocycles. The summed E-state index contributed by atoms with van der Waals surface area (Å²) in [6.07, 6.45) is 1.08. The molecule has 2 saturated heterocycles. The lowest BCUT2D eigenvalue weighted by atomic mass is 9.99. The van der Waals surface area contributed by atoms with Crippen molar-refractivity contribution >= 4 is 6.03 Å². The summed E-state index contributed by atoms with van der Waals surface area (Å²) < 4.78 is 0. The van der Waals surface area contributed by atoms with Gasteiger partial charge in [-0.3, -0.25) is 4.90 Å². The fourth-order valence-electron chi connectivity index (χ4n) is 2.40. The molecule has 4 nitrogen and oxygen atoms in total. The van der Waals surface area contributed by atoms with Gasteiger partial charge in [0.2, 0.25) is 0 Å². The van der Waals surface area contributed by atoms with Gasteiger partial charge in [-0.25, -0.2) is 4.79 Å². The Morgan fingerprint density at radius 2 is 2.21 bits per heavy atom. The molecule has 0 aromatic heterocycles. The van der Waals surface area contributed by atoms with Crippen LogP contribution in [-0.4, -0.2) is 54.1 Å². The van der Waals surface area contributed by atoms with Crippen molar-refractivity contribution in [2.24, 2.45) is 0 Å². The van der Waals surface area contributed by atoms with E-state index in [1.165, 1.54) is 0 Å². The Labute approximate surface area is 85.2 Å². The van der Waals surface area contributed by atoms with Crippen LogP contribution in [-0.2, 0) is 0 Å². The van der Waals surface area contributed by atoms with Gasteiger partial charge in [0.15, 0.2) is 0 Å². The number of nitrogens with one attached hydrogen (secondary N) is 1. The number of hydrogen-bond acceptors (Lipinski definition) is 2. The van der Waals surface area contributed by atoms with E-state index in [0.717, 1.165) is 19.5 Å². The average molecular weight is 197 g/mol. The summed E-state index contributed by atoms with van der Waals surface area (Å²) in [4.78, 5) is 15.7. The molecule has 0 radical (unpaired) electrons. The third kappa shape index (κ3) is 1.47. The second kappa shape index (κ2) is 3.42. The van der Waals surface area contributed by atoms with Gasteiger partial charge in [-0.05, 0) is 20.3 Å². The second-order valence-electron chi connectivity index (χ2n) is 4.61. The maximum Gasteiger partial charge on any atom is 0.317 e. The molecule has 2 aliphatic rings. The van der Waals surface area contributed by atoms with E-state index < -0.39 is 0 Å². The first-order valence-electron chi connectivity index (χ1n) is 5.37. The fourth-order valence-corrected chi connectivity index (χ4v) is 2.40. The van der Waals surface area contributed by atoms with Gasteiger partial charge in [0.25, 0.3) is 0 Å². The normalized spacial score (nSPS) is 33.4. The Morgan fingerprint density at radius 1 is 1.50 bits per heavy atom. The van der Waals surface area contributed by atoms with Gasteiger partial charge in [0.1, 0.15) is 0 Å². The number of urea groups is 1. The molecule has 0 aromatic rings. The number of fused-ring (bicyclic) bond motifs is 1. The van der Waals surface area contributed by atoms with Crippen molar-refractivity contribution in [1.82, 2.24) is 15.1 Å². The van der Waals surface area contributed by atoms with E-state index in [9.17, 15) is 4.79 Å². The van der Waals surface area contributed by atoms with Crippen LogP contribution in [0.25, 0.3) is 0 Å². The van der Waals surface area contributed by atoms with Crippen LogP contribution in [0.2, 0.25) is 0 Å². The summed E-state index contributed by atoms with van der Waals surface area (Å²) in [6, 6.07) is 1.42. The molecular formula is C10H19N3O. The lowest BCUT2D eigenvalue weighted by Gasteiger charge is -2.38. The topological polar surface area (TPSA) is 35.6 Å². The van der Waals surface area contributed by atoms with Gasteiger partial charge < -0.3 is 10.2 Å². The van der Waals surface area contributed by atoms with Crippen LogP contribution < -0.4 is 5.32 Å². The molecule has 80 valence electrons. The van der Waals surface area contributed by atoms with E-state index in [2.05, 4.69) is 24.1 Å². The second-order valence-corrected chi connectivity index (χ2v) is 4.61. The first kappa shape index (κ1) is 9.77. The van der Waals surface area contributed by atoms with Gasteiger partial charge in [-0.2, -0.15) is 0 Å². The average Bonchev–Trinajstić information content (AvgIpc) is 2.43. The Bertz CT molecular complexity index is 242. The van der Waals surface area contributed by atoms with Crippen LogP contribution in [0.15, 0.2) is 0 Å². The zero-order valence-corrected chi connectivity index (χ0v) is 9.16. The van der Waals surface area contributed by atoms with Crippen LogP contribution >= 0.6 is 0 Å². The highest BCUT2D eigenvalue weighted by molar-refractivity contribution is 5.77. The smallest absolute Gasteiger partial charge is 0.317 e.